The first-order chi connectivity index (χ1) is 5.70. The van der Waals surface area contributed by atoms with Crippen molar-refractivity contribution >= 4 is 34.2 Å². The third kappa shape index (κ3) is 1.71. The maximum atomic E-state index is 8.70. The van der Waals surface area contributed by atoms with Crippen LogP contribution in [0, 0.1) is 14.9 Å². The van der Waals surface area contributed by atoms with Gasteiger partial charge in [0.05, 0.1) is 16.7 Å². The molecule has 0 bridgehead atoms. The quantitative estimate of drug-likeness (QED) is 0.807. The monoisotopic (exact) mass is 292 g/mol. The fraction of sp³-hybridized carbons (Fsp3) is 0.125. The second-order valence-electron chi connectivity index (χ2n) is 2.20. The minimum Gasteiger partial charge on any atom is -0.326 e. The van der Waals surface area contributed by atoms with Gasteiger partial charge in [-0.1, -0.05) is 11.6 Å². The van der Waals surface area contributed by atoms with Crippen LogP contribution in [0.1, 0.15) is 11.1 Å². The highest BCUT2D eigenvalue weighted by atomic mass is 127. The van der Waals surface area contributed by atoms with Crippen molar-refractivity contribution < 1.29 is 0 Å². The van der Waals surface area contributed by atoms with Crippen LogP contribution in [0.5, 0.6) is 0 Å². The number of nitrogens with two attached hydrogens (primary N) is 1. The standard InChI is InChI=1S/C8H6ClIN2/c9-8-6(4-12)5(3-11)1-2-7(8)10/h1-2H,4,12H2. The van der Waals surface area contributed by atoms with E-state index in [-0.39, 0.29) is 0 Å². The van der Waals surface area contributed by atoms with Crippen molar-refractivity contribution in [2.75, 3.05) is 0 Å². The van der Waals surface area contributed by atoms with E-state index >= 15 is 0 Å². The van der Waals surface area contributed by atoms with Crippen LogP contribution >= 0.6 is 34.2 Å². The topological polar surface area (TPSA) is 49.8 Å². The molecule has 0 radical (unpaired) electrons. The molecule has 0 saturated carbocycles. The molecule has 0 aliphatic carbocycles. The molecule has 2 N–H and O–H groups in total. The van der Waals surface area contributed by atoms with Crippen LogP contribution in [-0.2, 0) is 6.54 Å². The molecule has 1 aromatic rings. The van der Waals surface area contributed by atoms with Gasteiger partial charge in [-0.05, 0) is 34.7 Å². The lowest BCUT2D eigenvalue weighted by molar-refractivity contribution is 1.06. The first-order valence-corrected chi connectivity index (χ1v) is 4.73. The van der Waals surface area contributed by atoms with Gasteiger partial charge >= 0.3 is 0 Å². The van der Waals surface area contributed by atoms with Crippen LogP contribution in [0.4, 0.5) is 0 Å². The summed E-state index contributed by atoms with van der Waals surface area (Å²) in [6, 6.07) is 5.58. The lowest BCUT2D eigenvalue weighted by atomic mass is 10.1. The summed E-state index contributed by atoms with van der Waals surface area (Å²) in [6.07, 6.45) is 0. The first-order valence-electron chi connectivity index (χ1n) is 3.27. The number of nitrogens with zero attached hydrogens (tertiary/aromatic N) is 1. The number of benzene rings is 1. The summed E-state index contributed by atoms with van der Waals surface area (Å²) in [5.41, 5.74) is 6.74. The number of hydrogen-bond donors (Lipinski definition) is 1. The highest BCUT2D eigenvalue weighted by Gasteiger charge is 2.07. The Labute approximate surface area is 89.5 Å². The summed E-state index contributed by atoms with van der Waals surface area (Å²) >= 11 is 8.05. The third-order valence-corrected chi connectivity index (χ3v) is 3.17. The van der Waals surface area contributed by atoms with Gasteiger partial charge in [0.1, 0.15) is 0 Å². The summed E-state index contributed by atoms with van der Waals surface area (Å²) in [4.78, 5) is 0. The normalized spacial score (nSPS) is 9.50. The van der Waals surface area contributed by atoms with Crippen molar-refractivity contribution in [2.45, 2.75) is 6.54 Å². The first kappa shape index (κ1) is 9.78. The molecule has 2 nitrogen and oxygen atoms in total. The zero-order valence-corrected chi connectivity index (χ0v) is 9.06. The van der Waals surface area contributed by atoms with E-state index in [1.165, 1.54) is 0 Å². The average molecular weight is 293 g/mol. The van der Waals surface area contributed by atoms with Crippen molar-refractivity contribution in [1.29, 1.82) is 5.26 Å². The molecule has 0 unspecified atom stereocenters. The number of halogens is 2. The third-order valence-electron chi connectivity index (χ3n) is 1.52. The summed E-state index contributed by atoms with van der Waals surface area (Å²) in [5, 5.41) is 9.29. The Bertz CT molecular complexity index is 344. The Morgan fingerprint density at radius 2 is 2.25 bits per heavy atom. The molecule has 0 aliphatic rings. The molecular weight excluding hydrogens is 286 g/mol. The lowest BCUT2D eigenvalue weighted by Gasteiger charge is -2.04. The van der Waals surface area contributed by atoms with Gasteiger partial charge < -0.3 is 5.73 Å². The second kappa shape index (κ2) is 4.08. The lowest BCUT2D eigenvalue weighted by Crippen LogP contribution is -2.01. The van der Waals surface area contributed by atoms with Gasteiger partial charge in [0.25, 0.3) is 0 Å². The van der Waals surface area contributed by atoms with Gasteiger partial charge in [-0.2, -0.15) is 5.26 Å². The molecule has 0 fully saturated rings. The Morgan fingerprint density at radius 1 is 1.58 bits per heavy atom. The van der Waals surface area contributed by atoms with E-state index in [9.17, 15) is 0 Å². The highest BCUT2D eigenvalue weighted by Crippen LogP contribution is 2.25. The van der Waals surface area contributed by atoms with E-state index in [4.69, 9.17) is 22.6 Å². The summed E-state index contributed by atoms with van der Waals surface area (Å²) in [5.74, 6) is 0. The Morgan fingerprint density at radius 3 is 2.75 bits per heavy atom. The zero-order chi connectivity index (χ0) is 9.14. The minimum absolute atomic E-state index is 0.304. The van der Waals surface area contributed by atoms with E-state index < -0.39 is 0 Å². The molecule has 62 valence electrons. The van der Waals surface area contributed by atoms with Crippen molar-refractivity contribution in [2.24, 2.45) is 5.73 Å². The summed E-state index contributed by atoms with van der Waals surface area (Å²) < 4.78 is 0.925. The molecule has 0 aliphatic heterocycles. The van der Waals surface area contributed by atoms with E-state index in [2.05, 4.69) is 22.6 Å². The van der Waals surface area contributed by atoms with Gasteiger partial charge in [0.2, 0.25) is 0 Å². The van der Waals surface area contributed by atoms with Crippen molar-refractivity contribution in [3.63, 3.8) is 0 Å². The van der Waals surface area contributed by atoms with E-state index in [0.29, 0.717) is 17.1 Å². The smallest absolute Gasteiger partial charge is 0.0995 e. The molecule has 1 aromatic carbocycles. The summed E-state index contributed by atoms with van der Waals surface area (Å²) in [6.45, 7) is 0.304. The Hall–Kier alpha value is -0.310. The van der Waals surface area contributed by atoms with Crippen LogP contribution in [-0.4, -0.2) is 0 Å². The maximum Gasteiger partial charge on any atom is 0.0995 e. The molecule has 12 heavy (non-hydrogen) atoms. The number of hydrogen-bond acceptors (Lipinski definition) is 2. The molecule has 1 rings (SSSR count). The van der Waals surface area contributed by atoms with Crippen LogP contribution in [0.15, 0.2) is 12.1 Å². The SMILES string of the molecule is N#Cc1ccc(I)c(Cl)c1CN. The zero-order valence-electron chi connectivity index (χ0n) is 6.14. The minimum atomic E-state index is 0.304. The van der Waals surface area contributed by atoms with Crippen molar-refractivity contribution in [3.8, 4) is 6.07 Å². The Balaban J connectivity index is 3.38. The van der Waals surface area contributed by atoms with Crippen LogP contribution < -0.4 is 5.73 Å². The molecule has 0 atom stereocenters. The predicted molar refractivity (Wildman–Crippen MR) is 56.8 cm³/mol. The van der Waals surface area contributed by atoms with Gasteiger partial charge in [-0.3, -0.25) is 0 Å². The van der Waals surface area contributed by atoms with Crippen LogP contribution in [0.25, 0.3) is 0 Å². The fourth-order valence-corrected chi connectivity index (χ4v) is 1.64. The van der Waals surface area contributed by atoms with Crippen molar-refractivity contribution in [1.82, 2.24) is 0 Å². The molecule has 4 heteroatoms. The number of nitriles is 1. The predicted octanol–water partition coefficient (Wildman–Crippen LogP) is 2.27. The van der Waals surface area contributed by atoms with Gasteiger partial charge in [-0.25, -0.2) is 0 Å². The highest BCUT2D eigenvalue weighted by molar-refractivity contribution is 14.1. The fourth-order valence-electron chi connectivity index (χ4n) is 0.897. The molecule has 0 amide bonds. The van der Waals surface area contributed by atoms with E-state index in [1.807, 2.05) is 6.07 Å². The second-order valence-corrected chi connectivity index (χ2v) is 3.74. The van der Waals surface area contributed by atoms with Gasteiger partial charge in [0, 0.05) is 15.7 Å². The van der Waals surface area contributed by atoms with Crippen molar-refractivity contribution in [3.05, 3.63) is 31.9 Å². The largest absolute Gasteiger partial charge is 0.326 e. The summed E-state index contributed by atoms with van der Waals surface area (Å²) in [7, 11) is 0. The van der Waals surface area contributed by atoms with Gasteiger partial charge in [-0.15, -0.1) is 0 Å². The van der Waals surface area contributed by atoms with Crippen LogP contribution in [0.2, 0.25) is 5.02 Å². The van der Waals surface area contributed by atoms with E-state index in [0.717, 1.165) is 9.13 Å². The Kier molecular flexibility index (Phi) is 3.32. The molecule has 0 spiro atoms. The maximum absolute atomic E-state index is 8.70. The van der Waals surface area contributed by atoms with Gasteiger partial charge in [0.15, 0.2) is 0 Å². The molecular formula is C8H6ClIN2. The molecule has 0 aromatic heterocycles. The average Bonchev–Trinajstić information content (AvgIpc) is 2.09. The number of rotatable bonds is 1. The van der Waals surface area contributed by atoms with E-state index in [1.54, 1.807) is 12.1 Å². The molecule has 0 heterocycles. The molecule has 0 saturated heterocycles. The van der Waals surface area contributed by atoms with Crippen LogP contribution in [0.3, 0.4) is 0 Å².